The Morgan fingerprint density at radius 3 is 2.32 bits per heavy atom. The van der Waals surface area contributed by atoms with Gasteiger partial charge in [-0.05, 0) is 39.0 Å². The summed E-state index contributed by atoms with van der Waals surface area (Å²) in [7, 11) is -3.81. The molecular formula is C17H21N3O4S. The predicted molar refractivity (Wildman–Crippen MR) is 96.7 cm³/mol. The number of sulfonamides is 1. The molecule has 7 nitrogen and oxygen atoms in total. The molecule has 0 aliphatic heterocycles. The highest BCUT2D eigenvalue weighted by Gasteiger charge is 2.19. The number of aryl methyl sites for hydroxylation is 1. The zero-order chi connectivity index (χ0) is 18.6. The molecule has 0 saturated heterocycles. The maximum atomic E-state index is 12.4. The minimum absolute atomic E-state index is 0.0483. The second-order valence-electron chi connectivity index (χ2n) is 5.49. The van der Waals surface area contributed by atoms with E-state index in [2.05, 4.69) is 9.71 Å². The van der Waals surface area contributed by atoms with Crippen LogP contribution < -0.4 is 9.62 Å². The van der Waals surface area contributed by atoms with Crippen LogP contribution in [0, 0.1) is 6.92 Å². The Balaban J connectivity index is 2.38. The summed E-state index contributed by atoms with van der Waals surface area (Å²) in [5, 5.41) is 9.43. The van der Waals surface area contributed by atoms with Crippen LogP contribution in [0.3, 0.4) is 0 Å². The Bertz CT molecular complexity index is 860. The summed E-state index contributed by atoms with van der Waals surface area (Å²) in [6.45, 7) is 6.84. The Hall–Kier alpha value is -2.61. The molecular weight excluding hydrogens is 342 g/mol. The van der Waals surface area contributed by atoms with Crippen molar-refractivity contribution in [3.8, 4) is 0 Å². The molecule has 0 atom stereocenters. The average molecular weight is 363 g/mol. The lowest BCUT2D eigenvalue weighted by Gasteiger charge is -2.22. The van der Waals surface area contributed by atoms with Gasteiger partial charge in [0.25, 0.3) is 10.0 Å². The van der Waals surface area contributed by atoms with Crippen LogP contribution in [0.1, 0.15) is 29.8 Å². The van der Waals surface area contributed by atoms with Gasteiger partial charge in [0.2, 0.25) is 0 Å². The number of nitrogens with zero attached hydrogens (tertiary/aromatic N) is 2. The number of carbonyl (C=O) groups is 1. The number of aromatic nitrogens is 1. The minimum Gasteiger partial charge on any atom is -0.478 e. The highest BCUT2D eigenvalue weighted by molar-refractivity contribution is 7.92. The van der Waals surface area contributed by atoms with Crippen LogP contribution in [0.4, 0.5) is 11.5 Å². The summed E-state index contributed by atoms with van der Waals surface area (Å²) in [6, 6.07) is 7.66. The van der Waals surface area contributed by atoms with Crippen molar-refractivity contribution < 1.29 is 18.3 Å². The molecule has 1 aromatic carbocycles. The molecule has 1 heterocycles. The molecule has 1 aromatic heterocycles. The first kappa shape index (κ1) is 18.7. The number of carboxylic acids is 1. The largest absolute Gasteiger partial charge is 0.478 e. The van der Waals surface area contributed by atoms with E-state index in [9.17, 15) is 18.3 Å². The second kappa shape index (κ2) is 7.52. The Morgan fingerprint density at radius 1 is 1.20 bits per heavy atom. The van der Waals surface area contributed by atoms with E-state index in [4.69, 9.17) is 0 Å². The third-order valence-corrected chi connectivity index (χ3v) is 5.14. The molecule has 2 rings (SSSR count). The van der Waals surface area contributed by atoms with Crippen LogP contribution in [0.5, 0.6) is 0 Å². The van der Waals surface area contributed by atoms with Crippen LogP contribution >= 0.6 is 0 Å². The number of nitrogens with one attached hydrogen (secondary N) is 1. The van der Waals surface area contributed by atoms with Crippen LogP contribution in [0.15, 0.2) is 41.4 Å². The SMILES string of the molecule is CCN(CC)c1ncc(NS(=O)(=O)c2ccc(C)cc2)cc1C(=O)O. The van der Waals surface area contributed by atoms with Crippen molar-refractivity contribution >= 4 is 27.5 Å². The number of benzene rings is 1. The van der Waals surface area contributed by atoms with Gasteiger partial charge in [-0.1, -0.05) is 17.7 Å². The molecule has 134 valence electrons. The van der Waals surface area contributed by atoms with Gasteiger partial charge in [0.15, 0.2) is 0 Å². The molecule has 0 aliphatic rings. The fraction of sp³-hybridized carbons (Fsp3) is 0.294. The highest BCUT2D eigenvalue weighted by atomic mass is 32.2. The molecule has 0 bridgehead atoms. The zero-order valence-electron chi connectivity index (χ0n) is 14.4. The number of rotatable bonds is 7. The van der Waals surface area contributed by atoms with Gasteiger partial charge in [0.05, 0.1) is 16.8 Å². The van der Waals surface area contributed by atoms with E-state index >= 15 is 0 Å². The number of hydrogen-bond acceptors (Lipinski definition) is 5. The van der Waals surface area contributed by atoms with E-state index in [1.807, 2.05) is 20.8 Å². The summed E-state index contributed by atoms with van der Waals surface area (Å²) in [5.41, 5.74) is 0.999. The third-order valence-electron chi connectivity index (χ3n) is 3.74. The number of aromatic carboxylic acids is 1. The van der Waals surface area contributed by atoms with Crippen molar-refractivity contribution in [2.24, 2.45) is 0 Å². The van der Waals surface area contributed by atoms with Crippen molar-refractivity contribution in [2.45, 2.75) is 25.7 Å². The van der Waals surface area contributed by atoms with Gasteiger partial charge in [0, 0.05) is 13.1 Å². The van der Waals surface area contributed by atoms with Crippen LogP contribution in [0.2, 0.25) is 0 Å². The molecule has 0 aliphatic carbocycles. The number of hydrogen-bond donors (Lipinski definition) is 2. The van der Waals surface area contributed by atoms with E-state index in [0.717, 1.165) is 5.56 Å². The monoisotopic (exact) mass is 363 g/mol. The summed E-state index contributed by atoms with van der Waals surface area (Å²) < 4.78 is 27.2. The molecule has 2 aromatic rings. The normalized spacial score (nSPS) is 11.2. The van der Waals surface area contributed by atoms with Gasteiger partial charge >= 0.3 is 5.97 Å². The van der Waals surface area contributed by atoms with E-state index in [1.165, 1.54) is 24.4 Å². The van der Waals surface area contributed by atoms with Crippen molar-refractivity contribution in [3.63, 3.8) is 0 Å². The van der Waals surface area contributed by atoms with Crippen LogP contribution in [-0.2, 0) is 10.0 Å². The molecule has 25 heavy (non-hydrogen) atoms. The molecule has 0 saturated carbocycles. The van der Waals surface area contributed by atoms with E-state index in [0.29, 0.717) is 18.9 Å². The zero-order valence-corrected chi connectivity index (χ0v) is 15.2. The molecule has 2 N–H and O–H groups in total. The van der Waals surface area contributed by atoms with Crippen molar-refractivity contribution in [1.29, 1.82) is 0 Å². The summed E-state index contributed by atoms with van der Waals surface area (Å²) in [6.07, 6.45) is 1.33. The standard InChI is InChI=1S/C17H21N3O4S/c1-4-20(5-2)16-15(17(21)22)10-13(11-18-16)19-25(23,24)14-8-6-12(3)7-9-14/h6-11,19H,4-5H2,1-3H3,(H,21,22). The molecule has 0 spiro atoms. The lowest BCUT2D eigenvalue weighted by atomic mass is 10.2. The fourth-order valence-corrected chi connectivity index (χ4v) is 3.41. The van der Waals surface area contributed by atoms with Crippen molar-refractivity contribution in [3.05, 3.63) is 47.7 Å². The number of anilines is 2. The first-order valence-electron chi connectivity index (χ1n) is 7.86. The van der Waals surface area contributed by atoms with Gasteiger partial charge in [-0.3, -0.25) is 4.72 Å². The van der Waals surface area contributed by atoms with Crippen molar-refractivity contribution in [2.75, 3.05) is 22.7 Å². The van der Waals surface area contributed by atoms with Gasteiger partial charge in [-0.25, -0.2) is 18.2 Å². The topological polar surface area (TPSA) is 99.6 Å². The maximum Gasteiger partial charge on any atom is 0.339 e. The first-order valence-corrected chi connectivity index (χ1v) is 9.34. The fourth-order valence-electron chi connectivity index (χ4n) is 2.38. The Labute approximate surface area is 147 Å². The highest BCUT2D eigenvalue weighted by Crippen LogP contribution is 2.23. The van der Waals surface area contributed by atoms with E-state index < -0.39 is 16.0 Å². The molecule has 0 unspecified atom stereocenters. The molecule has 0 fully saturated rings. The lowest BCUT2D eigenvalue weighted by molar-refractivity contribution is 0.0697. The van der Waals surface area contributed by atoms with E-state index in [1.54, 1.807) is 17.0 Å². The summed E-state index contributed by atoms with van der Waals surface area (Å²) in [4.78, 5) is 17.6. The summed E-state index contributed by atoms with van der Waals surface area (Å²) in [5.74, 6) is -0.846. The van der Waals surface area contributed by atoms with Crippen LogP contribution in [-0.4, -0.2) is 37.6 Å². The number of carboxylic acid groups (broad SMARTS) is 1. The van der Waals surface area contributed by atoms with Crippen LogP contribution in [0.25, 0.3) is 0 Å². The molecule has 0 radical (unpaired) electrons. The third kappa shape index (κ3) is 4.27. The maximum absolute atomic E-state index is 12.4. The lowest BCUT2D eigenvalue weighted by Crippen LogP contribution is -2.25. The average Bonchev–Trinajstić information content (AvgIpc) is 2.57. The van der Waals surface area contributed by atoms with Gasteiger partial charge < -0.3 is 10.0 Å². The predicted octanol–water partition coefficient (Wildman–Crippen LogP) is 2.74. The van der Waals surface area contributed by atoms with Crippen molar-refractivity contribution in [1.82, 2.24) is 4.98 Å². The second-order valence-corrected chi connectivity index (χ2v) is 7.17. The number of pyridine rings is 1. The smallest absolute Gasteiger partial charge is 0.339 e. The van der Waals surface area contributed by atoms with E-state index in [-0.39, 0.29) is 16.1 Å². The first-order chi connectivity index (χ1) is 11.8. The molecule has 8 heteroatoms. The quantitative estimate of drug-likeness (QED) is 0.785. The van der Waals surface area contributed by atoms with Gasteiger partial charge in [0.1, 0.15) is 11.4 Å². The van der Waals surface area contributed by atoms with Gasteiger partial charge in [-0.15, -0.1) is 0 Å². The molecule has 0 amide bonds. The van der Waals surface area contributed by atoms with Gasteiger partial charge in [-0.2, -0.15) is 0 Å². The minimum atomic E-state index is -3.81. The Kier molecular flexibility index (Phi) is 5.63. The Morgan fingerprint density at radius 2 is 1.80 bits per heavy atom. The summed E-state index contributed by atoms with van der Waals surface area (Å²) >= 11 is 0.